The molecule has 0 radical (unpaired) electrons. The second-order valence-corrected chi connectivity index (χ2v) is 11.8. The topological polar surface area (TPSA) is 122 Å². The molecule has 0 aliphatic carbocycles. The molecule has 4 atom stereocenters. The summed E-state index contributed by atoms with van der Waals surface area (Å²) in [7, 11) is 1.38. The number of pyridine rings is 1. The van der Waals surface area contributed by atoms with Crippen molar-refractivity contribution in [3.8, 4) is 29.2 Å². The van der Waals surface area contributed by atoms with Crippen LogP contribution in [0.25, 0.3) is 32.2 Å². The minimum Gasteiger partial charge on any atom is -0.472 e. The lowest BCUT2D eigenvalue weighted by Crippen LogP contribution is -2.31. The van der Waals surface area contributed by atoms with Gasteiger partial charge in [-0.2, -0.15) is 15.2 Å². The number of methoxy groups -OCH3 is 1. The van der Waals surface area contributed by atoms with E-state index in [0.29, 0.717) is 12.6 Å². The number of hydrogen-bond acceptors (Lipinski definition) is 10. The second-order valence-electron chi connectivity index (χ2n) is 10.8. The molecule has 0 amide bonds. The van der Waals surface area contributed by atoms with Crippen molar-refractivity contribution in [2.24, 2.45) is 0 Å². The SMILES string of the molecule is COc1nc(OC2CCNC2C)c2cnc(-c3ccc(F)c4sc(N)c(C#N)c34)c(F)c2n1.FC1CC2CCCN2C1. The molecule has 3 aromatic heterocycles. The Labute approximate surface area is 244 Å². The molecule has 42 heavy (non-hydrogen) atoms. The smallest absolute Gasteiger partial charge is 0.320 e. The van der Waals surface area contributed by atoms with E-state index in [0.717, 1.165) is 37.3 Å². The number of nitrogens with zero attached hydrogens (tertiary/aromatic N) is 5. The summed E-state index contributed by atoms with van der Waals surface area (Å²) < 4.78 is 54.2. The lowest BCUT2D eigenvalue weighted by atomic mass is 10.0. The van der Waals surface area contributed by atoms with Gasteiger partial charge in [0, 0.05) is 35.8 Å². The number of nitrogens with two attached hydrogens (primary N) is 1. The van der Waals surface area contributed by atoms with Crippen molar-refractivity contribution in [2.45, 2.75) is 57.0 Å². The number of anilines is 1. The lowest BCUT2D eigenvalue weighted by molar-refractivity contribution is 0.185. The molecule has 9 nitrogen and oxygen atoms in total. The molecule has 3 fully saturated rings. The van der Waals surface area contributed by atoms with Crippen molar-refractivity contribution in [3.05, 3.63) is 35.5 Å². The molecule has 3 N–H and O–H groups in total. The third kappa shape index (κ3) is 5.08. The molecule has 0 saturated carbocycles. The van der Waals surface area contributed by atoms with E-state index < -0.39 is 17.8 Å². The van der Waals surface area contributed by atoms with Gasteiger partial charge in [-0.15, -0.1) is 11.3 Å². The van der Waals surface area contributed by atoms with Crippen LogP contribution in [0.3, 0.4) is 0 Å². The molecule has 3 aliphatic rings. The van der Waals surface area contributed by atoms with Gasteiger partial charge in [0.05, 0.1) is 22.8 Å². The van der Waals surface area contributed by atoms with Crippen LogP contribution >= 0.6 is 11.3 Å². The van der Waals surface area contributed by atoms with Gasteiger partial charge in [0.2, 0.25) is 5.88 Å². The quantitative estimate of drug-likeness (QED) is 0.336. The predicted octanol–water partition coefficient (Wildman–Crippen LogP) is 4.97. The monoisotopic (exact) mass is 597 g/mol. The molecular weight excluding hydrogens is 567 g/mol. The van der Waals surface area contributed by atoms with Crippen LogP contribution in [0, 0.1) is 23.0 Å². The molecule has 3 aliphatic heterocycles. The van der Waals surface area contributed by atoms with Crippen LogP contribution in [0.2, 0.25) is 0 Å². The van der Waals surface area contributed by atoms with Gasteiger partial charge in [0.1, 0.15) is 40.4 Å². The number of ether oxygens (including phenoxy) is 2. The van der Waals surface area contributed by atoms with Crippen LogP contribution in [0.5, 0.6) is 11.9 Å². The number of hydrogen-bond donors (Lipinski definition) is 2. The number of rotatable bonds is 4. The van der Waals surface area contributed by atoms with Gasteiger partial charge in [-0.1, -0.05) is 0 Å². The van der Waals surface area contributed by atoms with Gasteiger partial charge in [-0.25, -0.2) is 13.2 Å². The van der Waals surface area contributed by atoms with E-state index in [-0.39, 0.29) is 66.8 Å². The summed E-state index contributed by atoms with van der Waals surface area (Å²) in [5.74, 6) is -1.15. The summed E-state index contributed by atoms with van der Waals surface area (Å²) >= 11 is 0.933. The first-order chi connectivity index (χ1) is 20.3. The van der Waals surface area contributed by atoms with Crippen molar-refractivity contribution in [3.63, 3.8) is 0 Å². The van der Waals surface area contributed by atoms with Gasteiger partial charge >= 0.3 is 6.01 Å². The Morgan fingerprint density at radius 1 is 1.24 bits per heavy atom. The summed E-state index contributed by atoms with van der Waals surface area (Å²) in [5.41, 5.74) is 6.08. The van der Waals surface area contributed by atoms with Crippen molar-refractivity contribution >= 4 is 37.3 Å². The van der Waals surface area contributed by atoms with Crippen molar-refractivity contribution in [2.75, 3.05) is 32.5 Å². The highest BCUT2D eigenvalue weighted by Crippen LogP contribution is 2.42. The molecule has 1 aromatic carbocycles. The van der Waals surface area contributed by atoms with Crippen molar-refractivity contribution < 1.29 is 22.6 Å². The summed E-state index contributed by atoms with van der Waals surface area (Å²) in [5, 5.41) is 13.5. The average Bonchev–Trinajstić information content (AvgIpc) is 3.74. The number of aromatic nitrogens is 3. The number of thiophene rings is 1. The van der Waals surface area contributed by atoms with Crippen molar-refractivity contribution in [1.29, 1.82) is 5.26 Å². The highest BCUT2D eigenvalue weighted by atomic mass is 32.1. The standard InChI is InChI=1S/C22H18F2N6O2S.C7H12FN/c1-9-14(5-6-27-9)32-21-12-8-28-17(16(24)18(12)29-22(30-21)31-2)10-3-4-13(23)19-15(10)11(7-25)20(26)33-19;8-6-4-7-2-1-3-9(7)5-6/h3-4,8-9,14,27H,5-6,26H2,1-2H3;6-7H,1-5H2. The summed E-state index contributed by atoms with van der Waals surface area (Å²) in [4.78, 5) is 15.0. The summed E-state index contributed by atoms with van der Waals surface area (Å²) in [6.07, 6.45) is 4.84. The number of nitrogens with one attached hydrogen (secondary N) is 1. The number of fused-ring (bicyclic) bond motifs is 3. The van der Waals surface area contributed by atoms with Gasteiger partial charge in [0.25, 0.3) is 0 Å². The number of nitrogen functional groups attached to an aromatic ring is 1. The molecule has 13 heteroatoms. The average molecular weight is 598 g/mol. The molecule has 0 bridgehead atoms. The third-order valence-electron chi connectivity index (χ3n) is 8.17. The van der Waals surface area contributed by atoms with Crippen molar-refractivity contribution in [1.82, 2.24) is 25.2 Å². The molecule has 7 rings (SSSR count). The number of halogens is 3. The number of alkyl halides is 1. The third-order valence-corrected chi connectivity index (χ3v) is 9.20. The van der Waals surface area contributed by atoms with E-state index in [2.05, 4.69) is 25.2 Å². The Kier molecular flexibility index (Phi) is 7.78. The van der Waals surface area contributed by atoms with Crippen LogP contribution < -0.4 is 20.5 Å². The molecule has 3 saturated heterocycles. The van der Waals surface area contributed by atoms with Gasteiger partial charge in [0.15, 0.2) is 5.82 Å². The lowest BCUT2D eigenvalue weighted by Gasteiger charge is -2.18. The molecular formula is C29H30F3N7O2S. The summed E-state index contributed by atoms with van der Waals surface area (Å²) in [6, 6.07) is 5.20. The Hall–Kier alpha value is -3.73. The largest absolute Gasteiger partial charge is 0.472 e. The fourth-order valence-corrected chi connectivity index (χ4v) is 6.99. The van der Waals surface area contributed by atoms with Gasteiger partial charge in [-0.3, -0.25) is 9.88 Å². The molecule has 4 aromatic rings. The first kappa shape index (κ1) is 28.4. The normalized spacial score (nSPS) is 23.5. The zero-order valence-electron chi connectivity index (χ0n) is 23.2. The highest BCUT2D eigenvalue weighted by Gasteiger charge is 2.34. The zero-order chi connectivity index (χ0) is 29.5. The molecule has 6 heterocycles. The first-order valence-corrected chi connectivity index (χ1v) is 14.7. The van der Waals surface area contributed by atoms with Crippen LogP contribution in [-0.4, -0.2) is 71.0 Å². The Balaban J connectivity index is 0.000000296. The minimum atomic E-state index is -0.766. The number of benzene rings is 1. The Morgan fingerprint density at radius 2 is 2.07 bits per heavy atom. The maximum absolute atomic E-state index is 15.8. The van der Waals surface area contributed by atoms with Crippen LogP contribution in [0.15, 0.2) is 18.3 Å². The van der Waals surface area contributed by atoms with Crippen LogP contribution in [0.4, 0.5) is 18.2 Å². The van der Waals surface area contributed by atoms with E-state index in [1.165, 1.54) is 38.3 Å². The fraction of sp³-hybridized carbons (Fsp3) is 0.448. The van der Waals surface area contributed by atoms with E-state index in [1.807, 2.05) is 13.0 Å². The van der Waals surface area contributed by atoms with E-state index in [4.69, 9.17) is 15.2 Å². The maximum Gasteiger partial charge on any atom is 0.320 e. The van der Waals surface area contributed by atoms with Gasteiger partial charge in [-0.05, 0) is 57.8 Å². The zero-order valence-corrected chi connectivity index (χ0v) is 24.0. The predicted molar refractivity (Wildman–Crippen MR) is 154 cm³/mol. The minimum absolute atomic E-state index is 0.0559. The van der Waals surface area contributed by atoms with Gasteiger partial charge < -0.3 is 20.5 Å². The first-order valence-electron chi connectivity index (χ1n) is 13.9. The molecule has 220 valence electrons. The molecule has 0 spiro atoms. The van der Waals surface area contributed by atoms with Crippen LogP contribution in [0.1, 0.15) is 38.2 Å². The Morgan fingerprint density at radius 3 is 2.79 bits per heavy atom. The van der Waals surface area contributed by atoms with E-state index >= 15 is 4.39 Å². The second kappa shape index (κ2) is 11.5. The molecule has 4 unspecified atom stereocenters. The summed E-state index contributed by atoms with van der Waals surface area (Å²) in [6.45, 7) is 4.65. The highest BCUT2D eigenvalue weighted by molar-refractivity contribution is 7.23. The Bertz CT molecular complexity index is 1680. The fourth-order valence-electron chi connectivity index (χ4n) is 6.04. The maximum atomic E-state index is 15.8. The van der Waals surface area contributed by atoms with E-state index in [1.54, 1.807) is 0 Å². The van der Waals surface area contributed by atoms with Crippen LogP contribution in [-0.2, 0) is 0 Å². The number of nitriles is 1. The van der Waals surface area contributed by atoms with E-state index in [9.17, 15) is 14.0 Å².